The third-order valence-electron chi connectivity index (χ3n) is 3.50. The Balaban J connectivity index is 2.04. The highest BCUT2D eigenvalue weighted by atomic mass is 16.6. The lowest BCUT2D eigenvalue weighted by atomic mass is 10.1. The van der Waals surface area contributed by atoms with Gasteiger partial charge in [-0.2, -0.15) is 0 Å². The standard InChI is InChI=1S/C16H19N5O6/c1-26-7-8-27-6-2-5-17-16(23)12-3-4-14(21(24)25)15(9-12)20-10-13(11-22)18-19-20/h3-4,9-11H,2,5-8H2,1H3,(H,17,23). The number of methoxy groups -OCH3 is 1. The summed E-state index contributed by atoms with van der Waals surface area (Å²) in [5, 5.41) is 21.2. The van der Waals surface area contributed by atoms with Crippen LogP contribution in [0.25, 0.3) is 5.69 Å². The third kappa shape index (κ3) is 5.66. The lowest BCUT2D eigenvalue weighted by Crippen LogP contribution is -2.25. The first kappa shape index (κ1) is 20.1. The predicted molar refractivity (Wildman–Crippen MR) is 93.0 cm³/mol. The van der Waals surface area contributed by atoms with Crippen molar-refractivity contribution in [3.05, 3.63) is 45.8 Å². The molecule has 0 spiro atoms. The number of amides is 1. The number of carbonyl (C=O) groups is 2. The van der Waals surface area contributed by atoms with Crippen LogP contribution in [0.4, 0.5) is 5.69 Å². The van der Waals surface area contributed by atoms with E-state index in [0.29, 0.717) is 39.1 Å². The number of carbonyl (C=O) groups excluding carboxylic acids is 2. The van der Waals surface area contributed by atoms with Gasteiger partial charge in [0.05, 0.1) is 24.3 Å². The minimum Gasteiger partial charge on any atom is -0.382 e. The van der Waals surface area contributed by atoms with E-state index in [0.717, 1.165) is 4.68 Å². The third-order valence-corrected chi connectivity index (χ3v) is 3.50. The number of aldehydes is 1. The van der Waals surface area contributed by atoms with Crippen molar-refractivity contribution in [1.82, 2.24) is 20.3 Å². The molecule has 1 amide bonds. The molecule has 1 aromatic heterocycles. The summed E-state index contributed by atoms with van der Waals surface area (Å²) in [6.07, 6.45) is 2.33. The summed E-state index contributed by atoms with van der Waals surface area (Å²) in [4.78, 5) is 33.6. The molecule has 11 nitrogen and oxygen atoms in total. The van der Waals surface area contributed by atoms with Gasteiger partial charge < -0.3 is 14.8 Å². The highest BCUT2D eigenvalue weighted by Gasteiger charge is 2.19. The Morgan fingerprint density at radius 1 is 1.37 bits per heavy atom. The molecule has 1 N–H and O–H groups in total. The number of rotatable bonds is 11. The molecule has 0 aliphatic heterocycles. The molecule has 0 bridgehead atoms. The van der Waals surface area contributed by atoms with Crippen molar-refractivity contribution in [2.24, 2.45) is 0 Å². The average molecular weight is 377 g/mol. The second-order valence-corrected chi connectivity index (χ2v) is 5.38. The molecule has 0 unspecified atom stereocenters. The van der Waals surface area contributed by atoms with Crippen molar-refractivity contribution >= 4 is 17.9 Å². The van der Waals surface area contributed by atoms with E-state index in [-0.39, 0.29) is 22.6 Å². The number of nitro groups is 1. The topological polar surface area (TPSA) is 138 Å². The lowest BCUT2D eigenvalue weighted by Gasteiger charge is -2.08. The molecule has 0 fully saturated rings. The van der Waals surface area contributed by atoms with Crippen LogP contribution in [0.1, 0.15) is 27.3 Å². The van der Waals surface area contributed by atoms with Gasteiger partial charge in [-0.1, -0.05) is 5.21 Å². The second-order valence-electron chi connectivity index (χ2n) is 5.38. The Bertz CT molecular complexity index is 806. The lowest BCUT2D eigenvalue weighted by molar-refractivity contribution is -0.384. The van der Waals surface area contributed by atoms with Gasteiger partial charge in [0.1, 0.15) is 11.4 Å². The Hall–Kier alpha value is -3.18. The minimum absolute atomic E-state index is 0.0209. The molecule has 144 valence electrons. The van der Waals surface area contributed by atoms with Crippen LogP contribution in [0.3, 0.4) is 0 Å². The normalized spacial score (nSPS) is 10.6. The van der Waals surface area contributed by atoms with Gasteiger partial charge in [0.25, 0.3) is 11.6 Å². The first-order valence-corrected chi connectivity index (χ1v) is 8.08. The summed E-state index contributed by atoms with van der Waals surface area (Å²) < 4.78 is 11.2. The van der Waals surface area contributed by atoms with Gasteiger partial charge >= 0.3 is 0 Å². The van der Waals surface area contributed by atoms with Crippen LogP contribution in [0.2, 0.25) is 0 Å². The number of benzene rings is 1. The van der Waals surface area contributed by atoms with Crippen LogP contribution in [0.15, 0.2) is 24.4 Å². The fourth-order valence-electron chi connectivity index (χ4n) is 2.17. The van der Waals surface area contributed by atoms with E-state index < -0.39 is 10.8 Å². The largest absolute Gasteiger partial charge is 0.382 e. The maximum atomic E-state index is 12.3. The van der Waals surface area contributed by atoms with E-state index >= 15 is 0 Å². The molecule has 1 aromatic carbocycles. The summed E-state index contributed by atoms with van der Waals surface area (Å²) in [5.74, 6) is -0.390. The highest BCUT2D eigenvalue weighted by molar-refractivity contribution is 5.95. The zero-order valence-corrected chi connectivity index (χ0v) is 14.7. The van der Waals surface area contributed by atoms with Gasteiger partial charge in [0.2, 0.25) is 0 Å². The molecule has 2 aromatic rings. The van der Waals surface area contributed by atoms with Gasteiger partial charge in [0.15, 0.2) is 6.29 Å². The summed E-state index contributed by atoms with van der Waals surface area (Å²) in [6, 6.07) is 3.88. The van der Waals surface area contributed by atoms with Crippen LogP contribution in [0, 0.1) is 10.1 Å². The van der Waals surface area contributed by atoms with Crippen molar-refractivity contribution in [2.45, 2.75) is 6.42 Å². The predicted octanol–water partition coefficient (Wildman–Crippen LogP) is 0.771. The second kappa shape index (κ2) is 10.1. The number of ether oxygens (including phenoxy) is 2. The maximum Gasteiger partial charge on any atom is 0.294 e. The number of hydrogen-bond donors (Lipinski definition) is 1. The van der Waals surface area contributed by atoms with Gasteiger partial charge in [-0.05, 0) is 18.6 Å². The molecule has 0 saturated carbocycles. The molecule has 11 heteroatoms. The average Bonchev–Trinajstić information content (AvgIpc) is 3.15. The van der Waals surface area contributed by atoms with E-state index in [1.165, 1.54) is 24.4 Å². The molecule has 0 saturated heterocycles. The Kier molecular flexibility index (Phi) is 7.52. The Morgan fingerprint density at radius 2 is 2.19 bits per heavy atom. The van der Waals surface area contributed by atoms with Crippen molar-refractivity contribution in [3.63, 3.8) is 0 Å². The molecule has 0 aliphatic rings. The molecule has 0 atom stereocenters. The smallest absolute Gasteiger partial charge is 0.294 e. The molecule has 0 radical (unpaired) electrons. The van der Waals surface area contributed by atoms with Gasteiger partial charge in [0, 0.05) is 31.9 Å². The summed E-state index contributed by atoms with van der Waals surface area (Å²) in [7, 11) is 1.58. The highest BCUT2D eigenvalue weighted by Crippen LogP contribution is 2.23. The fourth-order valence-corrected chi connectivity index (χ4v) is 2.17. The Labute approximate surface area is 154 Å². The number of nitrogens with zero attached hydrogens (tertiary/aromatic N) is 4. The SMILES string of the molecule is COCCOCCCNC(=O)c1ccc([N+](=O)[O-])c(-n2cc(C=O)nn2)c1. The first-order chi connectivity index (χ1) is 13.1. The molecule has 27 heavy (non-hydrogen) atoms. The monoisotopic (exact) mass is 377 g/mol. The van der Waals surface area contributed by atoms with Crippen molar-refractivity contribution in [1.29, 1.82) is 0 Å². The first-order valence-electron chi connectivity index (χ1n) is 8.08. The van der Waals surface area contributed by atoms with Gasteiger partial charge in [-0.25, -0.2) is 4.68 Å². The van der Waals surface area contributed by atoms with Gasteiger partial charge in [-0.3, -0.25) is 19.7 Å². The molecular formula is C16H19N5O6. The zero-order valence-electron chi connectivity index (χ0n) is 14.7. The van der Waals surface area contributed by atoms with Crippen LogP contribution in [-0.4, -0.2) is 65.6 Å². The number of hydrogen-bond acceptors (Lipinski definition) is 8. The maximum absolute atomic E-state index is 12.3. The minimum atomic E-state index is -0.601. The Morgan fingerprint density at radius 3 is 2.85 bits per heavy atom. The fraction of sp³-hybridized carbons (Fsp3) is 0.375. The summed E-state index contributed by atoms with van der Waals surface area (Å²) in [5.41, 5.74) is 0.0169. The zero-order chi connectivity index (χ0) is 19.6. The quantitative estimate of drug-likeness (QED) is 0.262. The van der Waals surface area contributed by atoms with E-state index in [4.69, 9.17) is 9.47 Å². The van der Waals surface area contributed by atoms with Crippen molar-refractivity contribution in [3.8, 4) is 5.69 Å². The van der Waals surface area contributed by atoms with Crippen LogP contribution in [0.5, 0.6) is 0 Å². The number of nitrogens with one attached hydrogen (secondary N) is 1. The van der Waals surface area contributed by atoms with Crippen molar-refractivity contribution < 1.29 is 24.0 Å². The van der Waals surface area contributed by atoms with Crippen LogP contribution < -0.4 is 5.32 Å². The van der Waals surface area contributed by atoms with Crippen molar-refractivity contribution in [2.75, 3.05) is 33.5 Å². The molecular weight excluding hydrogens is 358 g/mol. The van der Waals surface area contributed by atoms with E-state index in [9.17, 15) is 19.7 Å². The summed E-state index contributed by atoms with van der Waals surface area (Å²) >= 11 is 0. The number of nitro benzene ring substituents is 1. The molecule has 2 rings (SSSR count). The summed E-state index contributed by atoms with van der Waals surface area (Å²) in [6.45, 7) is 1.85. The van der Waals surface area contributed by atoms with E-state index in [1.54, 1.807) is 7.11 Å². The number of aromatic nitrogens is 3. The molecule has 0 aliphatic carbocycles. The van der Waals surface area contributed by atoms with Gasteiger partial charge in [-0.15, -0.1) is 5.10 Å². The van der Waals surface area contributed by atoms with Crippen LogP contribution in [-0.2, 0) is 9.47 Å². The van der Waals surface area contributed by atoms with Crippen LogP contribution >= 0.6 is 0 Å². The van der Waals surface area contributed by atoms with E-state index in [2.05, 4.69) is 15.6 Å². The van der Waals surface area contributed by atoms with E-state index in [1.807, 2.05) is 0 Å². The molecule has 1 heterocycles.